The summed E-state index contributed by atoms with van der Waals surface area (Å²) in [4.78, 5) is 34.7. The smallest absolute Gasteiger partial charge is 0.319 e. The summed E-state index contributed by atoms with van der Waals surface area (Å²) in [6.07, 6.45) is 3.14. The molecule has 0 spiro atoms. The molecule has 37 heavy (non-hydrogen) atoms. The van der Waals surface area contributed by atoms with Crippen LogP contribution in [0.25, 0.3) is 0 Å². The number of amidine groups is 2. The Balaban J connectivity index is 1.86. The average molecular weight is 513 g/mol. The normalized spacial score (nSPS) is 14.9. The summed E-state index contributed by atoms with van der Waals surface area (Å²) < 4.78 is 19.1. The molecule has 2 aromatic rings. The molecule has 0 atom stereocenters. The predicted molar refractivity (Wildman–Crippen MR) is 141 cm³/mol. The van der Waals surface area contributed by atoms with Crippen LogP contribution in [0.1, 0.15) is 18.1 Å². The largest absolute Gasteiger partial charge is 0.479 e. The third-order valence-corrected chi connectivity index (χ3v) is 5.50. The van der Waals surface area contributed by atoms with E-state index in [4.69, 9.17) is 16.2 Å². The number of rotatable bonds is 7. The Bertz CT molecular complexity index is 1210. The van der Waals surface area contributed by atoms with Gasteiger partial charge in [0.15, 0.2) is 5.82 Å². The highest BCUT2D eigenvalue weighted by Crippen LogP contribution is 2.23. The topological polar surface area (TPSA) is 151 Å². The Morgan fingerprint density at radius 1 is 1.19 bits per heavy atom. The molecule has 0 aromatic carbocycles. The lowest BCUT2D eigenvalue weighted by molar-refractivity contribution is 0.120. The van der Waals surface area contributed by atoms with Crippen LogP contribution in [-0.2, 0) is 6.54 Å². The summed E-state index contributed by atoms with van der Waals surface area (Å²) in [6.45, 7) is 8.50. The van der Waals surface area contributed by atoms with Crippen molar-refractivity contribution in [3.63, 3.8) is 0 Å². The Hall–Kier alpha value is -4.26. The van der Waals surface area contributed by atoms with Crippen molar-refractivity contribution in [2.24, 2.45) is 21.5 Å². The third-order valence-electron chi connectivity index (χ3n) is 5.50. The van der Waals surface area contributed by atoms with E-state index >= 15 is 0 Å². The minimum atomic E-state index is -0.622. The second kappa shape index (κ2) is 12.1. The third kappa shape index (κ3) is 7.36. The zero-order valence-electron chi connectivity index (χ0n) is 21.5. The molecule has 1 aliphatic rings. The summed E-state index contributed by atoms with van der Waals surface area (Å²) >= 11 is 0. The van der Waals surface area contributed by atoms with Crippen LogP contribution in [0.3, 0.4) is 0 Å². The molecule has 3 rings (SSSR count). The van der Waals surface area contributed by atoms with Crippen molar-refractivity contribution in [2.75, 3.05) is 52.7 Å². The monoisotopic (exact) mass is 512 g/mol. The molecule has 0 unspecified atom stereocenters. The van der Waals surface area contributed by atoms with Crippen LogP contribution < -0.4 is 21.5 Å². The van der Waals surface area contributed by atoms with E-state index in [0.717, 1.165) is 18.7 Å². The van der Waals surface area contributed by atoms with Gasteiger partial charge in [0.25, 0.3) is 0 Å². The highest BCUT2D eigenvalue weighted by atomic mass is 19.1. The first kappa shape index (κ1) is 27.3. The predicted octanol–water partition coefficient (Wildman–Crippen LogP) is 1.72. The molecule has 1 fully saturated rings. The van der Waals surface area contributed by atoms with Crippen LogP contribution in [0.4, 0.5) is 20.7 Å². The van der Waals surface area contributed by atoms with E-state index in [1.807, 2.05) is 11.0 Å². The van der Waals surface area contributed by atoms with Crippen molar-refractivity contribution >= 4 is 29.2 Å². The maximum atomic E-state index is 14.2. The number of carbonyl (C=O) groups excluding carboxylic acids is 1. The number of methoxy groups -OCH3 is 1. The number of anilines is 2. The van der Waals surface area contributed by atoms with Crippen molar-refractivity contribution in [2.45, 2.75) is 13.5 Å². The van der Waals surface area contributed by atoms with Crippen LogP contribution in [0.15, 0.2) is 46.9 Å². The number of hydrogen-bond donors (Lipinski definition) is 3. The molecule has 0 aliphatic carbocycles. The molecular weight excluding hydrogens is 479 g/mol. The van der Waals surface area contributed by atoms with E-state index < -0.39 is 5.82 Å². The number of piperazine rings is 1. The first-order chi connectivity index (χ1) is 17.6. The molecule has 2 amide bonds. The van der Waals surface area contributed by atoms with Gasteiger partial charge in [-0.2, -0.15) is 0 Å². The van der Waals surface area contributed by atoms with E-state index in [1.165, 1.54) is 19.4 Å². The van der Waals surface area contributed by atoms with Gasteiger partial charge in [0.1, 0.15) is 23.3 Å². The number of hydrogen-bond acceptors (Lipinski definition) is 8. The van der Waals surface area contributed by atoms with Crippen molar-refractivity contribution in [3.05, 3.63) is 53.9 Å². The lowest BCUT2D eigenvalue weighted by Crippen LogP contribution is -2.51. The summed E-state index contributed by atoms with van der Waals surface area (Å²) in [7, 11) is 4.83. The van der Waals surface area contributed by atoms with Gasteiger partial charge in [-0.1, -0.05) is 6.58 Å². The highest BCUT2D eigenvalue weighted by Gasteiger charge is 2.22. The minimum absolute atomic E-state index is 0.00432. The summed E-state index contributed by atoms with van der Waals surface area (Å²) in [6, 6.07) is 3.12. The number of amides is 2. The maximum absolute atomic E-state index is 14.2. The Kier molecular flexibility index (Phi) is 8.95. The molecular formula is C24H33FN10O2. The first-order valence-corrected chi connectivity index (χ1v) is 11.6. The summed E-state index contributed by atoms with van der Waals surface area (Å²) in [5.41, 5.74) is 13.6. The Labute approximate surface area is 215 Å². The van der Waals surface area contributed by atoms with Gasteiger partial charge < -0.3 is 31.3 Å². The number of urea groups is 1. The van der Waals surface area contributed by atoms with Crippen molar-refractivity contribution < 1.29 is 13.9 Å². The van der Waals surface area contributed by atoms with E-state index in [-0.39, 0.29) is 23.6 Å². The minimum Gasteiger partial charge on any atom is -0.479 e. The maximum Gasteiger partial charge on any atom is 0.319 e. The number of aliphatic imine (C=N–C) groups is 2. The van der Waals surface area contributed by atoms with Gasteiger partial charge in [-0.25, -0.2) is 29.1 Å². The number of carbonyl (C=O) groups is 1. The Morgan fingerprint density at radius 3 is 2.49 bits per heavy atom. The van der Waals surface area contributed by atoms with E-state index in [2.05, 4.69) is 36.7 Å². The quantitative estimate of drug-likeness (QED) is 0.375. The lowest BCUT2D eigenvalue weighted by Gasteiger charge is -2.36. The molecule has 0 bridgehead atoms. The standard InChI is InChI=1S/C24H33FN10O2/c1-15(26)30-16(2)31-21(27)19-10-17(14-34-6-8-35(9-7-34)24(36)33(3)4)12-28-22(19)32-18-11-20(25)23(37-5)29-13-18/h10-13H,1,6-9,14,26H2,2-5H3,(H,28,32)(H2,27,30,31). The zero-order valence-corrected chi connectivity index (χ0v) is 21.5. The molecule has 13 heteroatoms. The average Bonchev–Trinajstić information content (AvgIpc) is 2.84. The number of ether oxygens (including phenoxy) is 1. The molecule has 3 heterocycles. The van der Waals surface area contributed by atoms with Crippen LogP contribution >= 0.6 is 0 Å². The highest BCUT2D eigenvalue weighted by molar-refractivity contribution is 6.08. The fourth-order valence-corrected chi connectivity index (χ4v) is 3.78. The van der Waals surface area contributed by atoms with Gasteiger partial charge in [0, 0.05) is 59.1 Å². The second-order valence-electron chi connectivity index (χ2n) is 8.67. The van der Waals surface area contributed by atoms with Crippen LogP contribution in [0.2, 0.25) is 0 Å². The summed E-state index contributed by atoms with van der Waals surface area (Å²) in [5, 5.41) is 3.04. The fourth-order valence-electron chi connectivity index (χ4n) is 3.78. The van der Waals surface area contributed by atoms with Crippen molar-refractivity contribution in [1.82, 2.24) is 24.7 Å². The fraction of sp³-hybridized carbons (Fsp3) is 0.375. The first-order valence-electron chi connectivity index (χ1n) is 11.6. The molecule has 12 nitrogen and oxygen atoms in total. The molecule has 1 aliphatic heterocycles. The molecule has 1 saturated heterocycles. The number of nitrogens with zero attached hydrogens (tertiary/aromatic N) is 7. The van der Waals surface area contributed by atoms with Crippen LogP contribution in [0.5, 0.6) is 5.88 Å². The number of nitrogens with two attached hydrogens (primary N) is 2. The van der Waals surface area contributed by atoms with Gasteiger partial charge in [0.2, 0.25) is 5.88 Å². The van der Waals surface area contributed by atoms with E-state index in [0.29, 0.717) is 42.5 Å². The van der Waals surface area contributed by atoms with Gasteiger partial charge in [-0.3, -0.25) is 4.90 Å². The number of nitrogens with one attached hydrogen (secondary N) is 1. The van der Waals surface area contributed by atoms with Crippen LogP contribution in [0, 0.1) is 5.82 Å². The van der Waals surface area contributed by atoms with Gasteiger partial charge in [-0.05, 0) is 18.6 Å². The van der Waals surface area contributed by atoms with Crippen molar-refractivity contribution in [3.8, 4) is 5.88 Å². The van der Waals surface area contributed by atoms with E-state index in [1.54, 1.807) is 32.1 Å². The van der Waals surface area contributed by atoms with Gasteiger partial charge in [-0.15, -0.1) is 0 Å². The second-order valence-corrected chi connectivity index (χ2v) is 8.67. The number of aromatic nitrogens is 2. The van der Waals surface area contributed by atoms with Gasteiger partial charge >= 0.3 is 6.03 Å². The molecule has 0 saturated carbocycles. The number of halogens is 1. The zero-order chi connectivity index (χ0) is 27.1. The number of pyridine rings is 2. The van der Waals surface area contributed by atoms with Crippen molar-refractivity contribution in [1.29, 1.82) is 0 Å². The summed E-state index contributed by atoms with van der Waals surface area (Å²) in [5.74, 6) is 0.186. The SMILES string of the molecule is C=C(N)N=C(C)N=C(N)c1cc(CN2CCN(C(=O)N(C)C)CC2)cnc1Nc1cnc(OC)c(F)c1. The van der Waals surface area contributed by atoms with Crippen LogP contribution in [-0.4, -0.2) is 89.8 Å². The Morgan fingerprint density at radius 2 is 1.89 bits per heavy atom. The molecule has 2 aromatic heterocycles. The lowest BCUT2D eigenvalue weighted by atomic mass is 10.1. The molecule has 0 radical (unpaired) electrons. The molecule has 198 valence electrons. The molecule has 5 N–H and O–H groups in total. The van der Waals surface area contributed by atoms with Gasteiger partial charge in [0.05, 0.1) is 24.6 Å². The van der Waals surface area contributed by atoms with E-state index in [9.17, 15) is 9.18 Å².